The third kappa shape index (κ3) is 6.64. The van der Waals surface area contributed by atoms with Crippen LogP contribution in [0, 0.1) is 0 Å². The van der Waals surface area contributed by atoms with Gasteiger partial charge in [0.15, 0.2) is 0 Å². The second-order valence-corrected chi connectivity index (χ2v) is 5.63. The van der Waals surface area contributed by atoms with Crippen LogP contribution < -0.4 is 33.8 Å². The summed E-state index contributed by atoms with van der Waals surface area (Å²) in [4.78, 5) is 14.6. The molecule has 1 amide bonds. The van der Waals surface area contributed by atoms with Crippen LogP contribution in [0.3, 0.4) is 0 Å². The molecular weight excluding hydrogens is 396 g/mol. The molecule has 0 aliphatic heterocycles. The van der Waals surface area contributed by atoms with Gasteiger partial charge in [-0.15, -0.1) is 0 Å². The van der Waals surface area contributed by atoms with E-state index in [4.69, 9.17) is 10.5 Å². The van der Waals surface area contributed by atoms with Crippen molar-refractivity contribution in [2.24, 2.45) is 0 Å². The second kappa shape index (κ2) is 10.7. The van der Waals surface area contributed by atoms with E-state index >= 15 is 0 Å². The number of alkyl halides is 1. The van der Waals surface area contributed by atoms with Gasteiger partial charge in [-0.1, -0.05) is 46.3 Å². The van der Waals surface area contributed by atoms with Gasteiger partial charge in [0.25, 0.3) is 0 Å². The van der Waals surface area contributed by atoms with Gasteiger partial charge in [0.05, 0.1) is 13.2 Å². The van der Waals surface area contributed by atoms with Gasteiger partial charge in [0, 0.05) is 11.4 Å². The van der Waals surface area contributed by atoms with Crippen LogP contribution in [0.4, 0.5) is 22.1 Å². The topological polar surface area (TPSA) is 90.5 Å². The predicted molar refractivity (Wildman–Crippen MR) is 94.6 cm³/mol. The number of hydrogen-bond acceptors (Lipinski definition) is 4. The highest BCUT2D eigenvalue weighted by Gasteiger charge is 2.10. The van der Waals surface area contributed by atoms with Crippen molar-refractivity contribution in [3.8, 4) is 0 Å². The Balaban J connectivity index is 0.00000288. The highest BCUT2D eigenvalue weighted by molar-refractivity contribution is 9.09. The minimum absolute atomic E-state index is 0. The average molecular weight is 416 g/mol. The molecular formula is C16H20BrClN4O2. The van der Waals surface area contributed by atoms with Gasteiger partial charge in [-0.2, -0.15) is 0 Å². The Labute approximate surface area is 155 Å². The number of amides is 1. The summed E-state index contributed by atoms with van der Waals surface area (Å²) in [6, 6.07) is 13.6. The quantitative estimate of drug-likeness (QED) is 0.440. The summed E-state index contributed by atoms with van der Waals surface area (Å²) < 4.78 is 5.01. The van der Waals surface area contributed by atoms with Crippen molar-refractivity contribution in [3.05, 3.63) is 48.0 Å². The Kier molecular flexibility index (Phi) is 8.96. The van der Waals surface area contributed by atoms with E-state index in [2.05, 4.69) is 31.5 Å². The van der Waals surface area contributed by atoms with Crippen molar-refractivity contribution < 1.29 is 26.9 Å². The Hall–Kier alpha value is -1.99. The number of nitrogen functional groups attached to an aromatic ring is 1. The Morgan fingerprint density at radius 1 is 1.21 bits per heavy atom. The third-order valence-electron chi connectivity index (χ3n) is 3.05. The normalized spacial score (nSPS) is 9.71. The first kappa shape index (κ1) is 20.1. The highest BCUT2D eigenvalue weighted by atomic mass is 79.9. The molecule has 0 aliphatic rings. The molecule has 0 saturated heterocycles. The number of aromatic nitrogens is 1. The molecule has 1 aromatic carbocycles. The van der Waals surface area contributed by atoms with Crippen LogP contribution in [0.15, 0.2) is 42.5 Å². The minimum Gasteiger partial charge on any atom is -1.00 e. The number of nitrogens with one attached hydrogen (secondary N) is 3. The number of H-pyrrole nitrogens is 1. The zero-order valence-corrected chi connectivity index (χ0v) is 15.4. The van der Waals surface area contributed by atoms with Gasteiger partial charge < -0.3 is 28.2 Å². The van der Waals surface area contributed by atoms with Crippen molar-refractivity contribution in [2.45, 2.75) is 13.0 Å². The van der Waals surface area contributed by atoms with Crippen LogP contribution in [0.5, 0.6) is 0 Å². The molecule has 24 heavy (non-hydrogen) atoms. The summed E-state index contributed by atoms with van der Waals surface area (Å²) >= 11 is 3.27. The molecule has 2 rings (SSSR count). The number of nitrogens with two attached hydrogens (primary N) is 1. The van der Waals surface area contributed by atoms with Crippen molar-refractivity contribution in [1.29, 1.82) is 0 Å². The Morgan fingerprint density at radius 3 is 2.62 bits per heavy atom. The molecule has 130 valence electrons. The van der Waals surface area contributed by atoms with Gasteiger partial charge in [-0.3, -0.25) is 5.32 Å². The lowest BCUT2D eigenvalue weighted by molar-refractivity contribution is -0.342. The fourth-order valence-electron chi connectivity index (χ4n) is 1.88. The summed E-state index contributed by atoms with van der Waals surface area (Å²) in [6.07, 6.45) is 0.244. The van der Waals surface area contributed by atoms with Gasteiger partial charge in [0.2, 0.25) is 11.6 Å². The Bertz CT molecular complexity index is 643. The third-order valence-corrected chi connectivity index (χ3v) is 3.61. The van der Waals surface area contributed by atoms with Crippen LogP contribution in [0.25, 0.3) is 0 Å². The molecule has 5 N–H and O–H groups in total. The number of hydrogen-bond donors (Lipinski definition) is 3. The first-order chi connectivity index (χ1) is 11.2. The summed E-state index contributed by atoms with van der Waals surface area (Å²) in [6.45, 7) is 1.04. The van der Waals surface area contributed by atoms with E-state index in [0.717, 1.165) is 23.1 Å². The van der Waals surface area contributed by atoms with Crippen LogP contribution in [0.1, 0.15) is 12.0 Å². The van der Waals surface area contributed by atoms with E-state index < -0.39 is 6.09 Å². The SMILES string of the molecule is Nc1[nH+]c(NCc2ccccc2)ccc1NC(=O)OCCCBr.[Cl-]. The van der Waals surface area contributed by atoms with Crippen molar-refractivity contribution in [1.82, 2.24) is 0 Å². The molecule has 0 unspecified atom stereocenters. The van der Waals surface area contributed by atoms with Gasteiger partial charge in [-0.25, -0.2) is 9.78 Å². The molecule has 0 atom stereocenters. The van der Waals surface area contributed by atoms with Gasteiger partial charge in [-0.05, 0) is 18.1 Å². The van der Waals surface area contributed by atoms with E-state index in [9.17, 15) is 4.79 Å². The first-order valence-electron chi connectivity index (χ1n) is 7.28. The van der Waals surface area contributed by atoms with Gasteiger partial charge >= 0.3 is 6.09 Å². The van der Waals surface area contributed by atoms with E-state index in [0.29, 0.717) is 24.7 Å². The van der Waals surface area contributed by atoms with Crippen molar-refractivity contribution in [3.63, 3.8) is 0 Å². The molecule has 6 nitrogen and oxygen atoms in total. The second-order valence-electron chi connectivity index (χ2n) is 4.84. The monoisotopic (exact) mass is 414 g/mol. The highest BCUT2D eigenvalue weighted by Crippen LogP contribution is 2.15. The zero-order chi connectivity index (χ0) is 16.5. The first-order valence-corrected chi connectivity index (χ1v) is 8.40. The number of ether oxygens (including phenoxy) is 1. The summed E-state index contributed by atoms with van der Waals surface area (Å²) in [5, 5.41) is 6.64. The maximum atomic E-state index is 11.6. The molecule has 0 fully saturated rings. The molecule has 0 saturated carbocycles. The number of anilines is 3. The largest absolute Gasteiger partial charge is 1.00 e. The number of aromatic amines is 1. The number of benzene rings is 1. The van der Waals surface area contributed by atoms with Crippen molar-refractivity contribution in [2.75, 3.05) is 28.3 Å². The molecule has 0 spiro atoms. The minimum atomic E-state index is -0.518. The lowest BCUT2D eigenvalue weighted by Gasteiger charge is -2.08. The Morgan fingerprint density at radius 2 is 1.96 bits per heavy atom. The fourth-order valence-corrected chi connectivity index (χ4v) is 2.11. The predicted octanol–water partition coefficient (Wildman–Crippen LogP) is 0.0325. The summed E-state index contributed by atoms with van der Waals surface area (Å²) in [7, 11) is 0. The van der Waals surface area contributed by atoms with Crippen LogP contribution in [-0.4, -0.2) is 18.0 Å². The van der Waals surface area contributed by atoms with Gasteiger partial charge in [0.1, 0.15) is 5.69 Å². The van der Waals surface area contributed by atoms with E-state index in [-0.39, 0.29) is 12.4 Å². The molecule has 1 aromatic heterocycles. The molecule has 1 heterocycles. The number of carbonyl (C=O) groups excluding carboxylic acids is 1. The zero-order valence-electron chi connectivity index (χ0n) is 13.0. The maximum Gasteiger partial charge on any atom is 0.411 e. The van der Waals surface area contributed by atoms with Crippen LogP contribution in [0.2, 0.25) is 0 Å². The molecule has 0 aliphatic carbocycles. The number of carbonyl (C=O) groups is 1. The molecule has 8 heteroatoms. The van der Waals surface area contributed by atoms with Crippen molar-refractivity contribution >= 4 is 39.3 Å². The fraction of sp³-hybridized carbons (Fsp3) is 0.250. The molecule has 2 aromatic rings. The molecule has 0 bridgehead atoms. The van der Waals surface area contributed by atoms with E-state index in [1.165, 1.54) is 0 Å². The van der Waals surface area contributed by atoms with Crippen LogP contribution >= 0.6 is 15.9 Å². The van der Waals surface area contributed by atoms with E-state index in [1.54, 1.807) is 6.07 Å². The number of pyridine rings is 1. The lowest BCUT2D eigenvalue weighted by atomic mass is 10.2. The summed E-state index contributed by atoms with van der Waals surface area (Å²) in [5.74, 6) is 1.13. The number of halogens is 2. The number of rotatable bonds is 7. The maximum absolute atomic E-state index is 11.6. The molecule has 0 radical (unpaired) electrons. The average Bonchev–Trinajstić information content (AvgIpc) is 2.56. The van der Waals surface area contributed by atoms with Crippen LogP contribution in [-0.2, 0) is 11.3 Å². The summed E-state index contributed by atoms with van der Waals surface area (Å²) in [5.41, 5.74) is 7.57. The van der Waals surface area contributed by atoms with E-state index in [1.807, 2.05) is 36.4 Å². The lowest BCUT2D eigenvalue weighted by Crippen LogP contribution is -3.00. The standard InChI is InChI=1S/C16H19BrN4O2.ClH/c17-9-4-10-23-16(22)20-13-7-8-14(21-15(13)18)19-11-12-5-2-1-3-6-12;/h1-3,5-8H,4,9-11H2,(H,20,22)(H3,18,19,21);1H. The smallest absolute Gasteiger partial charge is 0.411 e.